The molecule has 0 saturated carbocycles. The highest BCUT2D eigenvalue weighted by atomic mass is 16.4. The van der Waals surface area contributed by atoms with Gasteiger partial charge in [-0.2, -0.15) is 0 Å². The minimum Gasteiger partial charge on any atom is -0.477 e. The Morgan fingerprint density at radius 3 is 2.80 bits per heavy atom. The Labute approximate surface area is 115 Å². The van der Waals surface area contributed by atoms with Crippen LogP contribution in [0.15, 0.2) is 36.8 Å². The molecule has 2 N–H and O–H groups in total. The highest BCUT2D eigenvalue weighted by Crippen LogP contribution is 2.06. The van der Waals surface area contributed by atoms with Crippen molar-refractivity contribution in [3.8, 4) is 0 Å². The van der Waals surface area contributed by atoms with Crippen molar-refractivity contribution in [1.29, 1.82) is 0 Å². The number of hydrogen-bond acceptors (Lipinski definition) is 4. The molecule has 0 fully saturated rings. The fourth-order valence-electron chi connectivity index (χ4n) is 1.65. The SMILES string of the molecule is Cc1ccncc1CNC(=O)c1ccnc(C(=O)O)c1. The van der Waals surface area contributed by atoms with Gasteiger partial charge in [0.2, 0.25) is 0 Å². The zero-order valence-corrected chi connectivity index (χ0v) is 10.8. The van der Waals surface area contributed by atoms with E-state index in [2.05, 4.69) is 15.3 Å². The minimum absolute atomic E-state index is 0.157. The second kappa shape index (κ2) is 5.92. The second-order valence-electron chi connectivity index (χ2n) is 4.22. The molecule has 20 heavy (non-hydrogen) atoms. The molecule has 0 unspecified atom stereocenters. The summed E-state index contributed by atoms with van der Waals surface area (Å²) in [4.78, 5) is 30.4. The van der Waals surface area contributed by atoms with Crippen LogP contribution in [-0.2, 0) is 6.54 Å². The van der Waals surface area contributed by atoms with Gasteiger partial charge in [-0.15, -0.1) is 0 Å². The Morgan fingerprint density at radius 2 is 2.10 bits per heavy atom. The summed E-state index contributed by atoms with van der Waals surface area (Å²) in [6.45, 7) is 2.27. The lowest BCUT2D eigenvalue weighted by atomic mass is 10.1. The summed E-state index contributed by atoms with van der Waals surface area (Å²) in [5.74, 6) is -1.51. The Morgan fingerprint density at radius 1 is 1.30 bits per heavy atom. The van der Waals surface area contributed by atoms with Crippen LogP contribution in [0, 0.1) is 6.92 Å². The van der Waals surface area contributed by atoms with Crippen molar-refractivity contribution < 1.29 is 14.7 Å². The van der Waals surface area contributed by atoms with Crippen molar-refractivity contribution in [1.82, 2.24) is 15.3 Å². The monoisotopic (exact) mass is 271 g/mol. The summed E-state index contributed by atoms with van der Waals surface area (Å²) in [6, 6.07) is 4.57. The highest BCUT2D eigenvalue weighted by Gasteiger charge is 2.10. The second-order valence-corrected chi connectivity index (χ2v) is 4.22. The van der Waals surface area contributed by atoms with Crippen LogP contribution in [0.5, 0.6) is 0 Å². The van der Waals surface area contributed by atoms with Crippen LogP contribution >= 0.6 is 0 Å². The molecule has 0 bridgehead atoms. The zero-order chi connectivity index (χ0) is 14.5. The molecule has 2 heterocycles. The van der Waals surface area contributed by atoms with E-state index in [4.69, 9.17) is 5.11 Å². The van der Waals surface area contributed by atoms with E-state index >= 15 is 0 Å². The molecule has 2 aromatic rings. The molecule has 2 aromatic heterocycles. The normalized spacial score (nSPS) is 10.1. The van der Waals surface area contributed by atoms with E-state index < -0.39 is 5.97 Å². The first-order valence-corrected chi connectivity index (χ1v) is 5.95. The van der Waals surface area contributed by atoms with E-state index in [9.17, 15) is 9.59 Å². The number of aryl methyl sites for hydroxylation is 1. The maximum absolute atomic E-state index is 12.0. The number of aromatic carboxylic acids is 1. The Hall–Kier alpha value is -2.76. The van der Waals surface area contributed by atoms with E-state index in [1.165, 1.54) is 18.3 Å². The lowest BCUT2D eigenvalue weighted by molar-refractivity contribution is 0.0690. The molecule has 2 rings (SSSR count). The number of amides is 1. The third kappa shape index (κ3) is 3.17. The average molecular weight is 271 g/mol. The van der Waals surface area contributed by atoms with Crippen LogP contribution in [-0.4, -0.2) is 27.0 Å². The van der Waals surface area contributed by atoms with E-state index in [1.807, 2.05) is 13.0 Å². The third-order valence-electron chi connectivity index (χ3n) is 2.83. The molecule has 102 valence electrons. The molecule has 0 aliphatic heterocycles. The van der Waals surface area contributed by atoms with Crippen LogP contribution in [0.1, 0.15) is 32.0 Å². The van der Waals surface area contributed by atoms with Gasteiger partial charge in [0, 0.05) is 30.7 Å². The fourth-order valence-corrected chi connectivity index (χ4v) is 1.65. The quantitative estimate of drug-likeness (QED) is 0.877. The maximum Gasteiger partial charge on any atom is 0.354 e. The molecule has 0 atom stereocenters. The van der Waals surface area contributed by atoms with Gasteiger partial charge in [0.05, 0.1) is 0 Å². The van der Waals surface area contributed by atoms with Gasteiger partial charge >= 0.3 is 5.97 Å². The third-order valence-corrected chi connectivity index (χ3v) is 2.83. The first kappa shape index (κ1) is 13.7. The van der Waals surface area contributed by atoms with Gasteiger partial charge < -0.3 is 10.4 Å². The number of pyridine rings is 2. The van der Waals surface area contributed by atoms with Crippen LogP contribution in [0.4, 0.5) is 0 Å². The summed E-state index contributed by atoms with van der Waals surface area (Å²) >= 11 is 0. The van der Waals surface area contributed by atoms with Crippen LogP contribution in [0.25, 0.3) is 0 Å². The van der Waals surface area contributed by atoms with Crippen molar-refractivity contribution in [3.05, 3.63) is 59.2 Å². The van der Waals surface area contributed by atoms with Gasteiger partial charge in [-0.05, 0) is 36.2 Å². The number of aromatic nitrogens is 2. The Bertz CT molecular complexity index is 656. The molecule has 0 aromatic carbocycles. The van der Waals surface area contributed by atoms with Crippen molar-refractivity contribution in [2.24, 2.45) is 0 Å². The van der Waals surface area contributed by atoms with Gasteiger partial charge in [-0.25, -0.2) is 9.78 Å². The van der Waals surface area contributed by atoms with Crippen molar-refractivity contribution in [3.63, 3.8) is 0 Å². The summed E-state index contributed by atoms with van der Waals surface area (Å²) < 4.78 is 0. The molecule has 0 saturated heterocycles. The molecule has 6 nitrogen and oxygen atoms in total. The van der Waals surface area contributed by atoms with Crippen LogP contribution in [0.2, 0.25) is 0 Å². The molecule has 0 aliphatic carbocycles. The van der Waals surface area contributed by atoms with Crippen LogP contribution in [0.3, 0.4) is 0 Å². The highest BCUT2D eigenvalue weighted by molar-refractivity contribution is 5.96. The Kier molecular flexibility index (Phi) is 4.05. The molecule has 6 heteroatoms. The van der Waals surface area contributed by atoms with Gasteiger partial charge in [-0.3, -0.25) is 9.78 Å². The number of carbonyl (C=O) groups is 2. The number of nitrogens with one attached hydrogen (secondary N) is 1. The van der Waals surface area contributed by atoms with Gasteiger partial charge in [0.15, 0.2) is 0 Å². The van der Waals surface area contributed by atoms with Crippen molar-refractivity contribution in [2.45, 2.75) is 13.5 Å². The first-order chi connectivity index (χ1) is 9.58. The summed E-state index contributed by atoms with van der Waals surface area (Å²) in [6.07, 6.45) is 4.67. The minimum atomic E-state index is -1.16. The molecule has 0 aliphatic rings. The van der Waals surface area contributed by atoms with Gasteiger partial charge in [0.1, 0.15) is 5.69 Å². The lowest BCUT2D eigenvalue weighted by Crippen LogP contribution is -2.23. The molecular formula is C14H13N3O3. The summed E-state index contributed by atoms with van der Waals surface area (Å²) in [7, 11) is 0. The summed E-state index contributed by atoms with van der Waals surface area (Å²) in [5.41, 5.74) is 2.05. The predicted molar refractivity (Wildman–Crippen MR) is 71.3 cm³/mol. The smallest absolute Gasteiger partial charge is 0.354 e. The largest absolute Gasteiger partial charge is 0.477 e. The zero-order valence-electron chi connectivity index (χ0n) is 10.8. The van der Waals surface area contributed by atoms with E-state index in [0.29, 0.717) is 6.54 Å². The average Bonchev–Trinajstić information content (AvgIpc) is 2.46. The molecular weight excluding hydrogens is 258 g/mol. The fraction of sp³-hybridized carbons (Fsp3) is 0.143. The number of carbonyl (C=O) groups excluding carboxylic acids is 1. The number of carboxylic acids is 1. The number of hydrogen-bond donors (Lipinski definition) is 2. The molecule has 1 amide bonds. The van der Waals surface area contributed by atoms with E-state index in [0.717, 1.165) is 11.1 Å². The Balaban J connectivity index is 2.07. The number of rotatable bonds is 4. The molecule has 0 spiro atoms. The topological polar surface area (TPSA) is 92.2 Å². The van der Waals surface area contributed by atoms with Gasteiger partial charge in [0.25, 0.3) is 5.91 Å². The molecule has 0 radical (unpaired) electrons. The van der Waals surface area contributed by atoms with E-state index in [-0.39, 0.29) is 17.2 Å². The van der Waals surface area contributed by atoms with E-state index in [1.54, 1.807) is 12.4 Å². The number of carboxylic acid groups (broad SMARTS) is 1. The predicted octanol–water partition coefficient (Wildman–Crippen LogP) is 1.41. The summed E-state index contributed by atoms with van der Waals surface area (Å²) in [5, 5.41) is 11.6. The van der Waals surface area contributed by atoms with Gasteiger partial charge in [-0.1, -0.05) is 0 Å². The maximum atomic E-state index is 12.0. The van der Waals surface area contributed by atoms with Crippen molar-refractivity contribution in [2.75, 3.05) is 0 Å². The lowest BCUT2D eigenvalue weighted by Gasteiger charge is -2.07. The van der Waals surface area contributed by atoms with Crippen LogP contribution < -0.4 is 5.32 Å². The first-order valence-electron chi connectivity index (χ1n) is 5.95. The van der Waals surface area contributed by atoms with Crippen molar-refractivity contribution >= 4 is 11.9 Å². The standard InChI is InChI=1S/C14H13N3O3/c1-9-2-4-15-7-11(9)8-17-13(18)10-3-5-16-12(6-10)14(19)20/h2-7H,8H2,1H3,(H,17,18)(H,19,20). The number of nitrogens with zero attached hydrogens (tertiary/aromatic N) is 2.